The van der Waals surface area contributed by atoms with E-state index in [0.29, 0.717) is 42.9 Å². The van der Waals surface area contributed by atoms with Crippen LogP contribution in [0, 0.1) is 11.3 Å². The number of piperidine rings is 1. The van der Waals surface area contributed by atoms with E-state index < -0.39 is 6.09 Å². The van der Waals surface area contributed by atoms with Crippen molar-refractivity contribution in [2.24, 2.45) is 0 Å². The molecule has 2 amide bonds. The van der Waals surface area contributed by atoms with Crippen LogP contribution in [0.1, 0.15) is 41.7 Å². The van der Waals surface area contributed by atoms with Crippen LogP contribution >= 0.6 is 0 Å². The second kappa shape index (κ2) is 7.35. The van der Waals surface area contributed by atoms with Crippen molar-refractivity contribution < 1.29 is 19.1 Å². The van der Waals surface area contributed by atoms with Crippen LogP contribution in [0.15, 0.2) is 34.9 Å². The van der Waals surface area contributed by atoms with E-state index in [2.05, 4.69) is 11.1 Å². The van der Waals surface area contributed by atoms with Gasteiger partial charge in [-0.05, 0) is 49.9 Å². The lowest BCUT2D eigenvalue weighted by atomic mass is 10.0. The van der Waals surface area contributed by atoms with Crippen LogP contribution < -0.4 is 0 Å². The number of carbonyl (C=O) groups excluding carboxylic acids is 1. The molecule has 4 rings (SSSR count). The molecule has 2 heterocycles. The third-order valence-corrected chi connectivity index (χ3v) is 5.29. The molecule has 1 N–H and O–H groups in total. The first-order valence-corrected chi connectivity index (χ1v) is 9.33. The minimum atomic E-state index is -0.911. The van der Waals surface area contributed by atoms with Gasteiger partial charge in [-0.1, -0.05) is 0 Å². The summed E-state index contributed by atoms with van der Waals surface area (Å²) in [6.45, 7) is 0.873. The minimum Gasteiger partial charge on any atom is -0.465 e. The number of nitrogens with zero attached hydrogens (tertiary/aromatic N) is 4. The number of oxazole rings is 1. The standard InChI is InChI=1S/C20H20N4O4/c21-11-13-1-3-14(4-2-13)18-22-17(12-28-18)19(25)24(15-5-6-15)16-7-9-23(10-8-16)20(26)27/h1-4,12,15-16H,5-10H2,(H,26,27). The van der Waals surface area contributed by atoms with Crippen molar-refractivity contribution in [2.45, 2.75) is 37.8 Å². The normalized spacial score (nSPS) is 17.2. The summed E-state index contributed by atoms with van der Waals surface area (Å²) in [6, 6.07) is 9.09. The fraction of sp³-hybridized carbons (Fsp3) is 0.400. The molecule has 2 aliphatic rings. The van der Waals surface area contributed by atoms with Crippen molar-refractivity contribution in [3.8, 4) is 17.5 Å². The van der Waals surface area contributed by atoms with Gasteiger partial charge in [0.1, 0.15) is 6.26 Å². The maximum atomic E-state index is 13.1. The Morgan fingerprint density at radius 3 is 2.36 bits per heavy atom. The van der Waals surface area contributed by atoms with E-state index in [-0.39, 0.29) is 23.7 Å². The van der Waals surface area contributed by atoms with Gasteiger partial charge in [0, 0.05) is 30.7 Å². The first-order chi connectivity index (χ1) is 13.6. The third kappa shape index (κ3) is 3.56. The van der Waals surface area contributed by atoms with Crippen molar-refractivity contribution in [2.75, 3.05) is 13.1 Å². The number of hydrogen-bond donors (Lipinski definition) is 1. The van der Waals surface area contributed by atoms with Gasteiger partial charge >= 0.3 is 6.09 Å². The van der Waals surface area contributed by atoms with Gasteiger partial charge in [0.15, 0.2) is 5.69 Å². The van der Waals surface area contributed by atoms with Crippen LogP contribution in [-0.2, 0) is 0 Å². The Kier molecular flexibility index (Phi) is 4.74. The average molecular weight is 380 g/mol. The predicted molar refractivity (Wildman–Crippen MR) is 98.5 cm³/mol. The number of carbonyl (C=O) groups is 2. The van der Waals surface area contributed by atoms with Crippen molar-refractivity contribution in [1.82, 2.24) is 14.8 Å². The number of nitriles is 1. The Labute approximate surface area is 162 Å². The molecule has 8 heteroatoms. The monoisotopic (exact) mass is 380 g/mol. The zero-order valence-corrected chi connectivity index (χ0v) is 15.2. The first kappa shape index (κ1) is 18.0. The van der Waals surface area contributed by atoms with Crippen LogP contribution in [0.4, 0.5) is 4.79 Å². The van der Waals surface area contributed by atoms with Gasteiger partial charge in [0.2, 0.25) is 5.89 Å². The second-order valence-electron chi connectivity index (χ2n) is 7.17. The van der Waals surface area contributed by atoms with Gasteiger partial charge in [-0.25, -0.2) is 9.78 Å². The van der Waals surface area contributed by atoms with E-state index in [1.165, 1.54) is 11.2 Å². The number of benzene rings is 1. The average Bonchev–Trinajstić information content (AvgIpc) is 3.42. The first-order valence-electron chi connectivity index (χ1n) is 9.33. The van der Waals surface area contributed by atoms with Crippen LogP contribution in [0.3, 0.4) is 0 Å². The van der Waals surface area contributed by atoms with Gasteiger partial charge in [-0.2, -0.15) is 5.26 Å². The Morgan fingerprint density at radius 1 is 1.14 bits per heavy atom. The molecule has 0 radical (unpaired) electrons. The summed E-state index contributed by atoms with van der Waals surface area (Å²) in [5.41, 5.74) is 1.50. The summed E-state index contributed by atoms with van der Waals surface area (Å²) in [7, 11) is 0. The molecule has 144 valence electrons. The number of amides is 2. The fourth-order valence-electron chi connectivity index (χ4n) is 3.64. The lowest BCUT2D eigenvalue weighted by molar-refractivity contribution is 0.0545. The molecule has 8 nitrogen and oxygen atoms in total. The van der Waals surface area contributed by atoms with Gasteiger partial charge < -0.3 is 19.3 Å². The largest absolute Gasteiger partial charge is 0.465 e. The van der Waals surface area contributed by atoms with Gasteiger partial charge in [-0.15, -0.1) is 0 Å². The highest BCUT2D eigenvalue weighted by atomic mass is 16.4. The topological polar surface area (TPSA) is 111 Å². The number of hydrogen-bond acceptors (Lipinski definition) is 5. The number of aromatic nitrogens is 1. The van der Waals surface area contributed by atoms with Crippen LogP contribution in [0.25, 0.3) is 11.5 Å². The van der Waals surface area contributed by atoms with E-state index in [0.717, 1.165) is 12.8 Å². The zero-order chi connectivity index (χ0) is 19.7. The summed E-state index contributed by atoms with van der Waals surface area (Å²) in [6.07, 6.45) is 3.66. The molecule has 0 bridgehead atoms. The van der Waals surface area contributed by atoms with E-state index in [9.17, 15) is 9.59 Å². The molecule has 1 aliphatic carbocycles. The molecule has 1 saturated carbocycles. The van der Waals surface area contributed by atoms with Crippen LogP contribution in [-0.4, -0.2) is 57.1 Å². The quantitative estimate of drug-likeness (QED) is 0.873. The van der Waals surface area contributed by atoms with Gasteiger partial charge in [0.05, 0.1) is 11.6 Å². The smallest absolute Gasteiger partial charge is 0.407 e. The zero-order valence-electron chi connectivity index (χ0n) is 15.2. The molecule has 1 aliphatic heterocycles. The Morgan fingerprint density at radius 2 is 1.79 bits per heavy atom. The minimum absolute atomic E-state index is 0.0191. The molecule has 28 heavy (non-hydrogen) atoms. The summed E-state index contributed by atoms with van der Waals surface area (Å²) in [4.78, 5) is 31.9. The third-order valence-electron chi connectivity index (χ3n) is 5.29. The van der Waals surface area contributed by atoms with Crippen LogP contribution in [0.5, 0.6) is 0 Å². The van der Waals surface area contributed by atoms with Gasteiger partial charge in [0.25, 0.3) is 5.91 Å². The Balaban J connectivity index is 1.50. The summed E-state index contributed by atoms with van der Waals surface area (Å²) < 4.78 is 5.50. The Hall–Kier alpha value is -3.34. The molecule has 1 aromatic heterocycles. The predicted octanol–water partition coefficient (Wildman–Crippen LogP) is 2.96. The van der Waals surface area contributed by atoms with Crippen LogP contribution in [0.2, 0.25) is 0 Å². The highest BCUT2D eigenvalue weighted by Gasteiger charge is 2.40. The van der Waals surface area contributed by atoms with E-state index in [1.54, 1.807) is 24.3 Å². The SMILES string of the molecule is N#Cc1ccc(-c2nc(C(=O)N(C3CC3)C3CCN(C(=O)O)CC3)co2)cc1. The van der Waals surface area contributed by atoms with E-state index in [1.807, 2.05) is 4.90 Å². The van der Waals surface area contributed by atoms with Crippen molar-refractivity contribution in [1.29, 1.82) is 5.26 Å². The number of likely N-dealkylation sites (tertiary alicyclic amines) is 1. The van der Waals surface area contributed by atoms with Crippen molar-refractivity contribution in [3.05, 3.63) is 41.8 Å². The second-order valence-corrected chi connectivity index (χ2v) is 7.17. The molecule has 0 spiro atoms. The molecule has 0 unspecified atom stereocenters. The molecular weight excluding hydrogens is 360 g/mol. The summed E-state index contributed by atoms with van der Waals surface area (Å²) >= 11 is 0. The van der Waals surface area contributed by atoms with Crippen molar-refractivity contribution in [3.63, 3.8) is 0 Å². The highest BCUT2D eigenvalue weighted by Crippen LogP contribution is 2.33. The highest BCUT2D eigenvalue weighted by molar-refractivity contribution is 5.93. The lowest BCUT2D eigenvalue weighted by Gasteiger charge is -2.37. The molecular formula is C20H20N4O4. The molecule has 2 aromatic rings. The summed E-state index contributed by atoms with van der Waals surface area (Å²) in [5, 5.41) is 18.0. The molecule has 0 atom stereocenters. The van der Waals surface area contributed by atoms with E-state index in [4.69, 9.17) is 14.8 Å². The maximum absolute atomic E-state index is 13.1. The number of carboxylic acid groups (broad SMARTS) is 1. The summed E-state index contributed by atoms with van der Waals surface area (Å²) in [5.74, 6) is 0.171. The number of rotatable bonds is 4. The Bertz CT molecular complexity index is 918. The fourth-order valence-corrected chi connectivity index (χ4v) is 3.64. The van der Waals surface area contributed by atoms with Gasteiger partial charge in [-0.3, -0.25) is 4.79 Å². The lowest BCUT2D eigenvalue weighted by Crippen LogP contribution is -2.49. The molecule has 2 fully saturated rings. The van der Waals surface area contributed by atoms with E-state index >= 15 is 0 Å². The maximum Gasteiger partial charge on any atom is 0.407 e. The molecule has 1 aromatic carbocycles. The molecule has 1 saturated heterocycles. The van der Waals surface area contributed by atoms with Crippen molar-refractivity contribution >= 4 is 12.0 Å².